The zero-order valence-corrected chi connectivity index (χ0v) is 11.0. The molecule has 2 aromatic carbocycles. The van der Waals surface area contributed by atoms with E-state index in [-0.39, 0.29) is 11.9 Å². The molecule has 0 aliphatic rings. The van der Waals surface area contributed by atoms with Gasteiger partial charge in [0.2, 0.25) is 0 Å². The van der Waals surface area contributed by atoms with Gasteiger partial charge in [-0.25, -0.2) is 4.39 Å². The van der Waals surface area contributed by atoms with Gasteiger partial charge in [0.1, 0.15) is 5.82 Å². The van der Waals surface area contributed by atoms with Crippen LogP contribution in [0.4, 0.5) is 10.1 Å². The van der Waals surface area contributed by atoms with E-state index in [1.54, 1.807) is 0 Å². The molecule has 94 valence electrons. The molecule has 0 heterocycles. The minimum Gasteiger partial charge on any atom is -0.378 e. The second-order valence-corrected chi connectivity index (χ2v) is 4.79. The van der Waals surface area contributed by atoms with Gasteiger partial charge in [0.15, 0.2) is 0 Å². The fourth-order valence-corrected chi connectivity index (χ4v) is 2.01. The number of anilines is 1. The van der Waals surface area contributed by atoms with Gasteiger partial charge in [-0.2, -0.15) is 0 Å². The molecule has 0 amide bonds. The first kappa shape index (κ1) is 12.6. The van der Waals surface area contributed by atoms with Crippen molar-refractivity contribution in [2.75, 3.05) is 5.32 Å². The second kappa shape index (κ2) is 5.21. The number of benzene rings is 2. The van der Waals surface area contributed by atoms with E-state index in [2.05, 4.69) is 43.4 Å². The topological polar surface area (TPSA) is 12.0 Å². The van der Waals surface area contributed by atoms with Crippen LogP contribution in [0.15, 0.2) is 42.5 Å². The molecule has 1 atom stereocenters. The lowest BCUT2D eigenvalue weighted by molar-refractivity contribution is 0.626. The molecule has 1 nitrogen and oxygen atoms in total. The molecule has 0 aromatic heterocycles. The van der Waals surface area contributed by atoms with E-state index in [0.29, 0.717) is 0 Å². The highest BCUT2D eigenvalue weighted by Gasteiger charge is 2.06. The minimum atomic E-state index is -0.200. The van der Waals surface area contributed by atoms with Gasteiger partial charge in [-0.05, 0) is 50.1 Å². The van der Waals surface area contributed by atoms with E-state index in [1.807, 2.05) is 13.0 Å². The summed E-state index contributed by atoms with van der Waals surface area (Å²) in [7, 11) is 0. The number of halogens is 1. The quantitative estimate of drug-likeness (QED) is 0.829. The fourth-order valence-electron chi connectivity index (χ4n) is 2.01. The van der Waals surface area contributed by atoms with E-state index in [1.165, 1.54) is 23.3 Å². The van der Waals surface area contributed by atoms with Gasteiger partial charge in [-0.15, -0.1) is 0 Å². The van der Waals surface area contributed by atoms with Gasteiger partial charge < -0.3 is 5.32 Å². The summed E-state index contributed by atoms with van der Waals surface area (Å²) in [5.41, 5.74) is 4.18. The van der Waals surface area contributed by atoms with Crippen LogP contribution in [0.3, 0.4) is 0 Å². The molecule has 0 saturated heterocycles. The standard InChI is InChI=1S/C16H18FN/c1-11-4-6-14(7-5-11)13(3)18-16-9-12(2)8-15(17)10-16/h4-10,13,18H,1-3H3. The average molecular weight is 243 g/mol. The summed E-state index contributed by atoms with van der Waals surface area (Å²) < 4.78 is 13.3. The lowest BCUT2D eigenvalue weighted by Gasteiger charge is -2.16. The Bertz CT molecular complexity index is 511. The maximum Gasteiger partial charge on any atom is 0.125 e. The summed E-state index contributed by atoms with van der Waals surface area (Å²) in [4.78, 5) is 0. The van der Waals surface area contributed by atoms with E-state index in [9.17, 15) is 4.39 Å². The number of aryl methyl sites for hydroxylation is 2. The zero-order valence-electron chi connectivity index (χ0n) is 11.0. The van der Waals surface area contributed by atoms with Crippen molar-refractivity contribution in [1.82, 2.24) is 0 Å². The van der Waals surface area contributed by atoms with Crippen LogP contribution in [-0.4, -0.2) is 0 Å². The van der Waals surface area contributed by atoms with Crippen LogP contribution in [0.2, 0.25) is 0 Å². The van der Waals surface area contributed by atoms with Gasteiger partial charge in [-0.3, -0.25) is 0 Å². The molecule has 0 aliphatic heterocycles. The highest BCUT2D eigenvalue weighted by atomic mass is 19.1. The molecular weight excluding hydrogens is 225 g/mol. The first-order valence-electron chi connectivity index (χ1n) is 6.15. The summed E-state index contributed by atoms with van der Waals surface area (Å²) >= 11 is 0. The van der Waals surface area contributed by atoms with Gasteiger partial charge in [0, 0.05) is 11.7 Å². The van der Waals surface area contributed by atoms with Crippen molar-refractivity contribution in [2.24, 2.45) is 0 Å². The Morgan fingerprint density at radius 1 is 0.944 bits per heavy atom. The first-order chi connectivity index (χ1) is 8.54. The van der Waals surface area contributed by atoms with Crippen LogP contribution in [-0.2, 0) is 0 Å². The Balaban J connectivity index is 2.15. The third-order valence-electron chi connectivity index (χ3n) is 3.00. The summed E-state index contributed by atoms with van der Waals surface area (Å²) in [5, 5.41) is 3.32. The van der Waals surface area contributed by atoms with Gasteiger partial charge >= 0.3 is 0 Å². The SMILES string of the molecule is Cc1ccc(C(C)Nc2cc(C)cc(F)c2)cc1. The van der Waals surface area contributed by atoms with Crippen molar-refractivity contribution in [3.05, 3.63) is 65.0 Å². The minimum absolute atomic E-state index is 0.159. The number of rotatable bonds is 3. The van der Waals surface area contributed by atoms with Gasteiger partial charge in [0.25, 0.3) is 0 Å². The van der Waals surface area contributed by atoms with Crippen LogP contribution < -0.4 is 5.32 Å². The normalized spacial score (nSPS) is 12.2. The first-order valence-corrected chi connectivity index (χ1v) is 6.15. The maximum atomic E-state index is 13.3. The molecule has 0 aliphatic carbocycles. The summed E-state index contributed by atoms with van der Waals surface area (Å²) in [5.74, 6) is -0.200. The zero-order chi connectivity index (χ0) is 13.1. The number of hydrogen-bond acceptors (Lipinski definition) is 1. The molecule has 0 bridgehead atoms. The van der Waals surface area contributed by atoms with Crippen molar-refractivity contribution in [1.29, 1.82) is 0 Å². The lowest BCUT2D eigenvalue weighted by atomic mass is 10.1. The molecule has 2 rings (SSSR count). The van der Waals surface area contributed by atoms with E-state index in [4.69, 9.17) is 0 Å². The highest BCUT2D eigenvalue weighted by molar-refractivity contribution is 5.48. The van der Waals surface area contributed by atoms with Crippen LogP contribution in [0, 0.1) is 19.7 Å². The number of nitrogens with one attached hydrogen (secondary N) is 1. The number of hydrogen-bond donors (Lipinski definition) is 1. The predicted octanol–water partition coefficient (Wildman–Crippen LogP) is 4.62. The van der Waals surface area contributed by atoms with Crippen molar-refractivity contribution < 1.29 is 4.39 Å². The van der Waals surface area contributed by atoms with Crippen molar-refractivity contribution >= 4 is 5.69 Å². The van der Waals surface area contributed by atoms with Crippen molar-refractivity contribution in [3.8, 4) is 0 Å². The Morgan fingerprint density at radius 3 is 2.22 bits per heavy atom. The summed E-state index contributed by atoms with van der Waals surface area (Å²) in [6, 6.07) is 13.5. The Hall–Kier alpha value is -1.83. The van der Waals surface area contributed by atoms with E-state index in [0.717, 1.165) is 11.3 Å². The van der Waals surface area contributed by atoms with Crippen LogP contribution in [0.1, 0.15) is 29.7 Å². The maximum absolute atomic E-state index is 13.3. The Labute approximate surface area is 108 Å². The molecule has 0 fully saturated rings. The average Bonchev–Trinajstić information content (AvgIpc) is 2.28. The molecule has 1 N–H and O–H groups in total. The van der Waals surface area contributed by atoms with Crippen LogP contribution >= 0.6 is 0 Å². The Kier molecular flexibility index (Phi) is 3.66. The molecule has 0 saturated carbocycles. The van der Waals surface area contributed by atoms with Gasteiger partial charge in [-0.1, -0.05) is 29.8 Å². The van der Waals surface area contributed by atoms with E-state index >= 15 is 0 Å². The third kappa shape index (κ3) is 3.10. The summed E-state index contributed by atoms with van der Waals surface area (Å²) in [6.45, 7) is 6.04. The molecular formula is C16H18FN. The smallest absolute Gasteiger partial charge is 0.125 e. The predicted molar refractivity (Wildman–Crippen MR) is 74.4 cm³/mol. The Morgan fingerprint density at radius 2 is 1.61 bits per heavy atom. The van der Waals surface area contributed by atoms with Crippen molar-refractivity contribution in [3.63, 3.8) is 0 Å². The lowest BCUT2D eigenvalue weighted by Crippen LogP contribution is -2.06. The molecule has 2 heteroatoms. The molecule has 0 radical (unpaired) electrons. The highest BCUT2D eigenvalue weighted by Crippen LogP contribution is 2.21. The fraction of sp³-hybridized carbons (Fsp3) is 0.250. The molecule has 1 unspecified atom stereocenters. The monoisotopic (exact) mass is 243 g/mol. The van der Waals surface area contributed by atoms with Gasteiger partial charge in [0.05, 0.1) is 0 Å². The second-order valence-electron chi connectivity index (χ2n) is 4.79. The summed E-state index contributed by atoms with van der Waals surface area (Å²) in [6.07, 6.45) is 0. The van der Waals surface area contributed by atoms with Crippen molar-refractivity contribution in [2.45, 2.75) is 26.8 Å². The van der Waals surface area contributed by atoms with E-state index < -0.39 is 0 Å². The largest absolute Gasteiger partial charge is 0.378 e. The third-order valence-corrected chi connectivity index (χ3v) is 3.00. The van der Waals surface area contributed by atoms with Crippen LogP contribution in [0.5, 0.6) is 0 Å². The molecule has 2 aromatic rings. The molecule has 18 heavy (non-hydrogen) atoms. The molecule has 0 spiro atoms. The van der Waals surface area contributed by atoms with Crippen LogP contribution in [0.25, 0.3) is 0 Å².